The Morgan fingerprint density at radius 3 is 2.78 bits per heavy atom. The maximum Gasteiger partial charge on any atom is 0.0993 e. The van der Waals surface area contributed by atoms with Crippen LogP contribution in [0.25, 0.3) is 10.9 Å². The second kappa shape index (κ2) is 3.84. The zero-order valence-electron chi connectivity index (χ0n) is 9.48. The molecule has 1 saturated carbocycles. The molecule has 1 aromatic heterocycles. The number of rotatable bonds is 1. The van der Waals surface area contributed by atoms with Crippen molar-refractivity contribution < 1.29 is 5.11 Å². The van der Waals surface area contributed by atoms with Crippen LogP contribution in [0.1, 0.15) is 5.56 Å². The molecule has 1 aromatic carbocycles. The molecule has 18 heavy (non-hydrogen) atoms. The van der Waals surface area contributed by atoms with Crippen molar-refractivity contribution in [2.45, 2.75) is 5.60 Å². The monoisotopic (exact) mass is 285 g/mol. The molecule has 3 N–H and O–H groups in total. The SMILES string of the molecule is Cl.OC1(c2cc(Cl)cc3[nH]ncc23)C2CNCC21. The number of nitrogens with one attached hydrogen (secondary N) is 2. The normalized spacial score (nSPS) is 33.2. The summed E-state index contributed by atoms with van der Waals surface area (Å²) in [5.41, 5.74) is 1.10. The predicted octanol–water partition coefficient (Wildman–Crippen LogP) is 1.67. The first-order chi connectivity index (χ1) is 8.21. The molecule has 6 heteroatoms. The number of benzene rings is 1. The molecule has 4 nitrogen and oxygen atoms in total. The van der Waals surface area contributed by atoms with Crippen LogP contribution in [0, 0.1) is 11.8 Å². The molecule has 2 fully saturated rings. The van der Waals surface area contributed by atoms with Crippen LogP contribution in [0.15, 0.2) is 18.3 Å². The molecule has 4 rings (SSSR count). The number of aliphatic hydroxyl groups is 1. The number of H-pyrrole nitrogens is 1. The van der Waals surface area contributed by atoms with Crippen LogP contribution in [0.4, 0.5) is 0 Å². The van der Waals surface area contributed by atoms with Gasteiger partial charge >= 0.3 is 0 Å². The van der Waals surface area contributed by atoms with Gasteiger partial charge < -0.3 is 10.4 Å². The van der Waals surface area contributed by atoms with Crippen LogP contribution in [0.5, 0.6) is 0 Å². The van der Waals surface area contributed by atoms with Crippen LogP contribution in [0.2, 0.25) is 5.02 Å². The van der Waals surface area contributed by atoms with E-state index in [1.807, 2.05) is 12.1 Å². The molecule has 2 unspecified atom stereocenters. The van der Waals surface area contributed by atoms with Crippen molar-refractivity contribution in [3.63, 3.8) is 0 Å². The summed E-state index contributed by atoms with van der Waals surface area (Å²) in [5.74, 6) is 0.637. The summed E-state index contributed by atoms with van der Waals surface area (Å²) < 4.78 is 0. The smallest absolute Gasteiger partial charge is 0.0993 e. The highest BCUT2D eigenvalue weighted by atomic mass is 35.5. The topological polar surface area (TPSA) is 60.9 Å². The van der Waals surface area contributed by atoms with Crippen LogP contribution in [0.3, 0.4) is 0 Å². The van der Waals surface area contributed by atoms with E-state index in [1.165, 1.54) is 0 Å². The molecule has 0 amide bonds. The summed E-state index contributed by atoms with van der Waals surface area (Å²) in [4.78, 5) is 0. The summed E-state index contributed by atoms with van der Waals surface area (Å²) in [6.07, 6.45) is 1.76. The molecule has 1 saturated heterocycles. The third kappa shape index (κ3) is 1.37. The van der Waals surface area contributed by atoms with Crippen molar-refractivity contribution in [1.29, 1.82) is 0 Å². The van der Waals surface area contributed by atoms with Gasteiger partial charge in [-0.15, -0.1) is 12.4 Å². The minimum absolute atomic E-state index is 0. The summed E-state index contributed by atoms with van der Waals surface area (Å²) in [6.45, 7) is 1.76. The van der Waals surface area contributed by atoms with Crippen LogP contribution >= 0.6 is 24.0 Å². The molecule has 1 aliphatic carbocycles. The fourth-order valence-corrected chi connectivity index (χ4v) is 3.48. The first-order valence-electron chi connectivity index (χ1n) is 5.77. The van der Waals surface area contributed by atoms with E-state index in [9.17, 15) is 5.11 Å². The van der Waals surface area contributed by atoms with Gasteiger partial charge in [0.05, 0.1) is 17.3 Å². The molecule has 2 atom stereocenters. The third-order valence-electron chi connectivity index (χ3n) is 4.19. The fourth-order valence-electron chi connectivity index (χ4n) is 3.26. The van der Waals surface area contributed by atoms with Gasteiger partial charge in [0.1, 0.15) is 0 Å². The highest BCUT2D eigenvalue weighted by Crippen LogP contribution is 2.60. The Labute approximate surface area is 115 Å². The lowest BCUT2D eigenvalue weighted by molar-refractivity contribution is 0.110. The predicted molar refractivity (Wildman–Crippen MR) is 72.1 cm³/mol. The molecule has 0 radical (unpaired) electrons. The average molecular weight is 286 g/mol. The van der Waals surface area contributed by atoms with E-state index in [2.05, 4.69) is 15.5 Å². The van der Waals surface area contributed by atoms with E-state index in [1.54, 1.807) is 6.20 Å². The van der Waals surface area contributed by atoms with Gasteiger partial charge in [0.15, 0.2) is 0 Å². The summed E-state index contributed by atoms with van der Waals surface area (Å²) >= 11 is 6.10. The Bertz CT molecular complexity index is 602. The van der Waals surface area contributed by atoms with Gasteiger partial charge in [0, 0.05) is 35.3 Å². The number of hydrogen-bond donors (Lipinski definition) is 3. The number of hydrogen-bond acceptors (Lipinski definition) is 3. The van der Waals surface area contributed by atoms with E-state index in [4.69, 9.17) is 11.6 Å². The highest BCUT2D eigenvalue weighted by molar-refractivity contribution is 6.31. The Morgan fingerprint density at radius 1 is 1.33 bits per heavy atom. The van der Waals surface area contributed by atoms with Crippen molar-refractivity contribution in [3.05, 3.63) is 28.9 Å². The van der Waals surface area contributed by atoms with Crippen LogP contribution in [-0.2, 0) is 5.60 Å². The molecule has 2 aromatic rings. The van der Waals surface area contributed by atoms with Gasteiger partial charge in [-0.25, -0.2) is 0 Å². The lowest BCUT2D eigenvalue weighted by atomic mass is 9.99. The van der Waals surface area contributed by atoms with Gasteiger partial charge in [-0.1, -0.05) is 11.6 Å². The molecule has 0 bridgehead atoms. The van der Waals surface area contributed by atoms with Gasteiger partial charge in [0.2, 0.25) is 0 Å². The number of nitrogens with zero attached hydrogens (tertiary/aromatic N) is 1. The maximum atomic E-state index is 10.8. The fraction of sp³-hybridized carbons (Fsp3) is 0.417. The quantitative estimate of drug-likeness (QED) is 0.747. The van der Waals surface area contributed by atoms with Gasteiger partial charge in [0.25, 0.3) is 0 Å². The largest absolute Gasteiger partial charge is 0.384 e. The van der Waals surface area contributed by atoms with Crippen molar-refractivity contribution in [2.75, 3.05) is 13.1 Å². The zero-order valence-corrected chi connectivity index (χ0v) is 11.1. The van der Waals surface area contributed by atoms with Crippen LogP contribution < -0.4 is 5.32 Å². The molecular formula is C12H13Cl2N3O. The zero-order chi connectivity index (χ0) is 11.6. The highest BCUT2D eigenvalue weighted by Gasteiger charge is 2.67. The van der Waals surface area contributed by atoms with Gasteiger partial charge in [-0.05, 0) is 17.7 Å². The number of piperidine rings is 1. The summed E-state index contributed by atoms with van der Waals surface area (Å²) in [7, 11) is 0. The lowest BCUT2D eigenvalue weighted by Crippen LogP contribution is -2.25. The van der Waals surface area contributed by atoms with Crippen LogP contribution in [-0.4, -0.2) is 28.4 Å². The van der Waals surface area contributed by atoms with E-state index >= 15 is 0 Å². The Balaban J connectivity index is 0.000001000. The Kier molecular flexibility index (Phi) is 2.61. The molecule has 2 aliphatic rings. The van der Waals surface area contributed by atoms with Crippen molar-refractivity contribution in [2.24, 2.45) is 11.8 Å². The van der Waals surface area contributed by atoms with Crippen molar-refractivity contribution in [3.8, 4) is 0 Å². The third-order valence-corrected chi connectivity index (χ3v) is 4.41. The van der Waals surface area contributed by atoms with E-state index in [0.29, 0.717) is 16.9 Å². The second-order valence-electron chi connectivity index (χ2n) is 4.98. The molecule has 0 spiro atoms. The van der Waals surface area contributed by atoms with Crippen molar-refractivity contribution >= 4 is 34.9 Å². The van der Waals surface area contributed by atoms with Gasteiger partial charge in [-0.3, -0.25) is 5.10 Å². The Morgan fingerprint density at radius 2 is 2.06 bits per heavy atom. The molecule has 1 aliphatic heterocycles. The van der Waals surface area contributed by atoms with E-state index < -0.39 is 5.60 Å². The molecular weight excluding hydrogens is 273 g/mol. The molecule has 2 heterocycles. The number of fused-ring (bicyclic) bond motifs is 2. The Hall–Kier alpha value is -0.810. The average Bonchev–Trinajstić information content (AvgIpc) is 2.79. The standard InChI is InChI=1S/C12H12ClN3O.ClH/c13-6-1-8(7-3-15-16-11(7)2-6)12(17)9-4-14-5-10(9)12;/h1-3,9-10,14,17H,4-5H2,(H,15,16);1H. The van der Waals surface area contributed by atoms with E-state index in [0.717, 1.165) is 29.6 Å². The minimum atomic E-state index is -0.710. The maximum absolute atomic E-state index is 10.8. The number of aromatic amines is 1. The minimum Gasteiger partial charge on any atom is -0.384 e. The first kappa shape index (κ1) is 12.2. The van der Waals surface area contributed by atoms with E-state index in [-0.39, 0.29) is 12.4 Å². The first-order valence-corrected chi connectivity index (χ1v) is 6.15. The second-order valence-corrected chi connectivity index (χ2v) is 5.42. The number of halogens is 2. The molecule has 96 valence electrons. The summed E-state index contributed by atoms with van der Waals surface area (Å²) in [6, 6.07) is 3.71. The summed E-state index contributed by atoms with van der Waals surface area (Å²) in [5, 5.41) is 22.6. The van der Waals surface area contributed by atoms with Gasteiger partial charge in [-0.2, -0.15) is 5.10 Å². The van der Waals surface area contributed by atoms with Crippen molar-refractivity contribution in [1.82, 2.24) is 15.5 Å². The lowest BCUT2D eigenvalue weighted by Gasteiger charge is -2.16. The number of aromatic nitrogens is 2.